The number of nitrogens with two attached hydrogens (primary N) is 2. The van der Waals surface area contributed by atoms with Crippen molar-refractivity contribution in [2.75, 3.05) is 26.3 Å². The summed E-state index contributed by atoms with van der Waals surface area (Å²) in [6, 6.07) is 24.1. The minimum Gasteiger partial charge on any atom is -0.378 e. The van der Waals surface area contributed by atoms with E-state index in [2.05, 4.69) is 0 Å². The number of ether oxygens (including phenoxy) is 1. The van der Waals surface area contributed by atoms with Crippen molar-refractivity contribution in [3.05, 3.63) is 102 Å². The van der Waals surface area contributed by atoms with Crippen molar-refractivity contribution in [3.8, 4) is 0 Å². The third kappa shape index (κ3) is 7.63. The molecular weight excluding hydrogens is 526 g/mol. The van der Waals surface area contributed by atoms with Crippen LogP contribution in [0.4, 0.5) is 0 Å². The standard InChI is InChI=1S/C31H37N3O5S/c32-28(21-24-12-14-25(15-13-24)31(36)34-17-19-39-20-18-34)30(35)26(16-11-23-7-3-1-4-8-23)22-29(33)40(37,38)27-9-5-2-6-10-27/h1-10,12-15,26,28-29H,11,16-22,32-33H2/t26?,28-,29-/m0/s1. The first-order valence-electron chi connectivity index (χ1n) is 13.6. The number of hydrogen-bond acceptors (Lipinski definition) is 7. The van der Waals surface area contributed by atoms with E-state index in [1.807, 2.05) is 42.5 Å². The van der Waals surface area contributed by atoms with E-state index in [0.717, 1.165) is 11.1 Å². The van der Waals surface area contributed by atoms with E-state index in [4.69, 9.17) is 16.2 Å². The Morgan fingerprint density at radius 2 is 1.43 bits per heavy atom. The topological polar surface area (TPSA) is 133 Å². The van der Waals surface area contributed by atoms with Crippen molar-refractivity contribution in [3.63, 3.8) is 0 Å². The van der Waals surface area contributed by atoms with E-state index in [1.165, 1.54) is 12.1 Å². The Kier molecular flexibility index (Phi) is 10.2. The molecule has 0 bridgehead atoms. The number of ketones is 1. The molecule has 8 nitrogen and oxygen atoms in total. The maximum atomic E-state index is 13.6. The SMILES string of the molecule is N[C@H](CC(CCc1ccccc1)C(=O)[C@@H](N)Cc1ccc(C(=O)N2CCOCC2)cc1)S(=O)(=O)c1ccccc1. The highest BCUT2D eigenvalue weighted by Crippen LogP contribution is 2.24. The highest BCUT2D eigenvalue weighted by Gasteiger charge is 2.32. The summed E-state index contributed by atoms with van der Waals surface area (Å²) in [5.41, 5.74) is 15.1. The maximum absolute atomic E-state index is 13.6. The van der Waals surface area contributed by atoms with Gasteiger partial charge in [0.25, 0.3) is 5.91 Å². The van der Waals surface area contributed by atoms with Crippen LogP contribution in [-0.4, -0.2) is 62.7 Å². The number of amides is 1. The van der Waals surface area contributed by atoms with Gasteiger partial charge < -0.3 is 21.1 Å². The summed E-state index contributed by atoms with van der Waals surface area (Å²) in [6.07, 6.45) is 1.28. The van der Waals surface area contributed by atoms with E-state index < -0.39 is 27.2 Å². The van der Waals surface area contributed by atoms with Gasteiger partial charge in [-0.3, -0.25) is 9.59 Å². The summed E-state index contributed by atoms with van der Waals surface area (Å²) in [4.78, 5) is 28.2. The second-order valence-electron chi connectivity index (χ2n) is 10.2. The quantitative estimate of drug-likeness (QED) is 0.346. The number of carbonyl (C=O) groups excluding carboxylic acids is 2. The lowest BCUT2D eigenvalue weighted by Crippen LogP contribution is -2.42. The van der Waals surface area contributed by atoms with Crippen molar-refractivity contribution in [2.24, 2.45) is 17.4 Å². The molecular formula is C31H37N3O5S. The fourth-order valence-electron chi connectivity index (χ4n) is 4.94. The van der Waals surface area contributed by atoms with Crippen LogP contribution < -0.4 is 11.5 Å². The molecule has 1 aliphatic heterocycles. The first-order valence-corrected chi connectivity index (χ1v) is 15.1. The van der Waals surface area contributed by atoms with Crippen LogP contribution in [0.25, 0.3) is 0 Å². The van der Waals surface area contributed by atoms with Crippen molar-refractivity contribution >= 4 is 21.5 Å². The molecule has 0 aromatic heterocycles. The van der Waals surface area contributed by atoms with Gasteiger partial charge in [-0.1, -0.05) is 60.7 Å². The average Bonchev–Trinajstić information content (AvgIpc) is 3.00. The summed E-state index contributed by atoms with van der Waals surface area (Å²) in [5, 5.41) is -1.24. The van der Waals surface area contributed by atoms with Gasteiger partial charge in [-0.05, 0) is 61.1 Å². The van der Waals surface area contributed by atoms with E-state index in [9.17, 15) is 18.0 Å². The number of benzene rings is 3. The van der Waals surface area contributed by atoms with E-state index in [1.54, 1.807) is 35.2 Å². The van der Waals surface area contributed by atoms with Gasteiger partial charge in [-0.2, -0.15) is 0 Å². The van der Waals surface area contributed by atoms with Gasteiger partial charge in [0.15, 0.2) is 15.6 Å². The monoisotopic (exact) mass is 563 g/mol. The zero-order valence-electron chi connectivity index (χ0n) is 22.5. The van der Waals surface area contributed by atoms with Crippen LogP contribution in [-0.2, 0) is 32.2 Å². The smallest absolute Gasteiger partial charge is 0.254 e. The second kappa shape index (κ2) is 13.8. The number of aryl methyl sites for hydroxylation is 1. The molecule has 1 saturated heterocycles. The van der Waals surface area contributed by atoms with Crippen LogP contribution in [0, 0.1) is 5.92 Å². The Balaban J connectivity index is 1.45. The molecule has 1 amide bonds. The summed E-state index contributed by atoms with van der Waals surface area (Å²) < 4.78 is 31.6. The van der Waals surface area contributed by atoms with Crippen molar-refractivity contribution in [2.45, 2.75) is 42.0 Å². The summed E-state index contributed by atoms with van der Waals surface area (Å²) in [6.45, 7) is 2.18. The first-order chi connectivity index (χ1) is 19.3. The van der Waals surface area contributed by atoms with Crippen LogP contribution in [0.1, 0.15) is 34.3 Å². The highest BCUT2D eigenvalue weighted by molar-refractivity contribution is 7.92. The minimum absolute atomic E-state index is 0.0242. The molecule has 9 heteroatoms. The van der Waals surface area contributed by atoms with Crippen LogP contribution in [0.15, 0.2) is 89.8 Å². The Labute approximate surface area is 236 Å². The lowest BCUT2D eigenvalue weighted by molar-refractivity contribution is -0.124. The van der Waals surface area contributed by atoms with Gasteiger partial charge in [-0.15, -0.1) is 0 Å². The lowest BCUT2D eigenvalue weighted by atomic mass is 9.87. The van der Waals surface area contributed by atoms with E-state index >= 15 is 0 Å². The van der Waals surface area contributed by atoms with Gasteiger partial charge >= 0.3 is 0 Å². The Morgan fingerprint density at radius 3 is 2.05 bits per heavy atom. The molecule has 1 heterocycles. The number of morpholine rings is 1. The summed E-state index contributed by atoms with van der Waals surface area (Å²) in [5.74, 6) is -0.904. The predicted molar refractivity (Wildman–Crippen MR) is 154 cm³/mol. The number of hydrogen-bond donors (Lipinski definition) is 2. The molecule has 4 rings (SSSR count). The van der Waals surface area contributed by atoms with Gasteiger partial charge in [-0.25, -0.2) is 8.42 Å². The fourth-order valence-corrected chi connectivity index (χ4v) is 6.32. The number of sulfone groups is 1. The Morgan fingerprint density at radius 1 is 0.825 bits per heavy atom. The number of Topliss-reactive ketones (excluding diaryl/α,β-unsaturated/α-hetero) is 1. The molecule has 1 aliphatic rings. The lowest BCUT2D eigenvalue weighted by Gasteiger charge is -2.27. The summed E-state index contributed by atoms with van der Waals surface area (Å²) in [7, 11) is -3.82. The second-order valence-corrected chi connectivity index (χ2v) is 12.3. The third-order valence-electron chi connectivity index (χ3n) is 7.33. The van der Waals surface area contributed by atoms with E-state index in [0.29, 0.717) is 44.7 Å². The molecule has 0 radical (unpaired) electrons. The molecule has 0 saturated carbocycles. The number of carbonyl (C=O) groups is 2. The normalized spacial score (nSPS) is 16.2. The molecule has 3 aromatic carbocycles. The van der Waals surface area contributed by atoms with Crippen molar-refractivity contribution in [1.82, 2.24) is 4.90 Å². The van der Waals surface area contributed by atoms with Crippen LogP contribution in [0.5, 0.6) is 0 Å². The largest absolute Gasteiger partial charge is 0.378 e. The average molecular weight is 564 g/mol. The minimum atomic E-state index is -3.82. The van der Waals surface area contributed by atoms with Crippen LogP contribution in [0.3, 0.4) is 0 Å². The van der Waals surface area contributed by atoms with Crippen LogP contribution >= 0.6 is 0 Å². The fraction of sp³-hybridized carbons (Fsp3) is 0.355. The Hall–Kier alpha value is -3.37. The number of nitrogens with zero attached hydrogens (tertiary/aromatic N) is 1. The number of rotatable bonds is 12. The molecule has 0 spiro atoms. The first kappa shape index (κ1) is 29.6. The predicted octanol–water partition coefficient (Wildman–Crippen LogP) is 3.00. The third-order valence-corrected chi connectivity index (χ3v) is 9.25. The molecule has 1 fully saturated rings. The molecule has 3 atom stereocenters. The summed E-state index contributed by atoms with van der Waals surface area (Å²) >= 11 is 0. The molecule has 3 aromatic rings. The van der Waals surface area contributed by atoms with Crippen molar-refractivity contribution in [1.29, 1.82) is 0 Å². The van der Waals surface area contributed by atoms with Gasteiger partial charge in [0.1, 0.15) is 5.37 Å². The highest BCUT2D eigenvalue weighted by atomic mass is 32.2. The molecule has 1 unspecified atom stereocenters. The maximum Gasteiger partial charge on any atom is 0.254 e. The molecule has 0 aliphatic carbocycles. The van der Waals surface area contributed by atoms with Crippen LogP contribution in [0.2, 0.25) is 0 Å². The molecule has 40 heavy (non-hydrogen) atoms. The van der Waals surface area contributed by atoms with E-state index in [-0.39, 0.29) is 29.4 Å². The van der Waals surface area contributed by atoms with Gasteiger partial charge in [0.05, 0.1) is 24.2 Å². The zero-order valence-corrected chi connectivity index (χ0v) is 23.3. The van der Waals surface area contributed by atoms with Gasteiger partial charge in [0, 0.05) is 24.6 Å². The molecule has 212 valence electrons. The molecule has 4 N–H and O–H groups in total. The Bertz CT molecular complexity index is 1360. The van der Waals surface area contributed by atoms with Gasteiger partial charge in [0.2, 0.25) is 0 Å². The zero-order chi connectivity index (χ0) is 28.5. The van der Waals surface area contributed by atoms with Crippen molar-refractivity contribution < 1.29 is 22.7 Å².